The maximum Gasteiger partial charge on any atom is 0.407 e. The van der Waals surface area contributed by atoms with Crippen LogP contribution in [0.4, 0.5) is 4.79 Å². The third kappa shape index (κ3) is 8.02. The lowest BCUT2D eigenvalue weighted by atomic mass is 10.0. The Balaban J connectivity index is 2.34. The standard InChI is InChI=1S/C15H28BrNO4/c1-14(2,3)21-13(18)17-11-15(4,10-16)20-9-12-5-7-19-8-6-12/h12H,5-11H2,1-4H3,(H,17,18). The molecule has 21 heavy (non-hydrogen) atoms. The van der Waals surface area contributed by atoms with E-state index in [1.165, 1.54) is 0 Å². The summed E-state index contributed by atoms with van der Waals surface area (Å²) in [6.07, 6.45) is 1.67. The van der Waals surface area contributed by atoms with Gasteiger partial charge in [-0.15, -0.1) is 0 Å². The second-order valence-corrected chi connectivity index (χ2v) is 7.37. The number of carbonyl (C=O) groups is 1. The van der Waals surface area contributed by atoms with Crippen molar-refractivity contribution in [2.75, 3.05) is 31.7 Å². The van der Waals surface area contributed by atoms with Crippen molar-refractivity contribution in [2.45, 2.75) is 51.7 Å². The summed E-state index contributed by atoms with van der Waals surface area (Å²) in [6, 6.07) is 0. The minimum Gasteiger partial charge on any atom is -0.444 e. The van der Waals surface area contributed by atoms with Crippen LogP contribution in [0.15, 0.2) is 0 Å². The van der Waals surface area contributed by atoms with Crippen LogP contribution in [0.3, 0.4) is 0 Å². The van der Waals surface area contributed by atoms with Crippen molar-refractivity contribution < 1.29 is 19.0 Å². The fraction of sp³-hybridized carbons (Fsp3) is 0.933. The summed E-state index contributed by atoms with van der Waals surface area (Å²) in [6.45, 7) is 10.3. The highest BCUT2D eigenvalue weighted by molar-refractivity contribution is 9.09. The van der Waals surface area contributed by atoms with Gasteiger partial charge in [0.05, 0.1) is 18.8 Å². The van der Waals surface area contributed by atoms with E-state index in [4.69, 9.17) is 14.2 Å². The molecule has 1 atom stereocenters. The minimum absolute atomic E-state index is 0.413. The molecule has 1 fully saturated rings. The predicted molar refractivity (Wildman–Crippen MR) is 85.9 cm³/mol. The van der Waals surface area contributed by atoms with Gasteiger partial charge < -0.3 is 19.5 Å². The summed E-state index contributed by atoms with van der Waals surface area (Å²) >= 11 is 3.47. The normalized spacial score (nSPS) is 19.9. The first-order valence-electron chi connectivity index (χ1n) is 7.49. The van der Waals surface area contributed by atoms with Crippen molar-refractivity contribution in [1.29, 1.82) is 0 Å². The van der Waals surface area contributed by atoms with E-state index in [0.717, 1.165) is 26.1 Å². The van der Waals surface area contributed by atoms with Crippen LogP contribution >= 0.6 is 15.9 Å². The highest BCUT2D eigenvalue weighted by Gasteiger charge is 2.27. The SMILES string of the molecule is CC(C)(C)OC(=O)NCC(C)(CBr)OCC1CCOCC1. The molecule has 1 amide bonds. The summed E-state index contributed by atoms with van der Waals surface area (Å²) in [5.74, 6) is 0.540. The fourth-order valence-corrected chi connectivity index (χ4v) is 2.30. The van der Waals surface area contributed by atoms with Gasteiger partial charge in [0.15, 0.2) is 0 Å². The van der Waals surface area contributed by atoms with Crippen LogP contribution in [-0.4, -0.2) is 49.0 Å². The first kappa shape index (κ1) is 18.7. The Bertz CT molecular complexity index is 326. The Kier molecular flexibility index (Phi) is 7.44. The molecule has 5 nitrogen and oxygen atoms in total. The Morgan fingerprint density at radius 3 is 2.43 bits per heavy atom. The van der Waals surface area contributed by atoms with E-state index in [1.807, 2.05) is 27.7 Å². The van der Waals surface area contributed by atoms with E-state index in [0.29, 0.717) is 24.4 Å². The molecule has 0 saturated carbocycles. The Labute approximate surface area is 136 Å². The molecule has 1 aliphatic heterocycles. The maximum atomic E-state index is 11.7. The lowest BCUT2D eigenvalue weighted by Crippen LogP contribution is -2.46. The molecule has 1 saturated heterocycles. The number of hydrogen-bond donors (Lipinski definition) is 1. The molecule has 0 aromatic heterocycles. The zero-order chi connectivity index (χ0) is 15.9. The van der Waals surface area contributed by atoms with Crippen LogP contribution in [0.2, 0.25) is 0 Å². The molecule has 6 heteroatoms. The zero-order valence-corrected chi connectivity index (χ0v) is 15.1. The number of ether oxygens (including phenoxy) is 3. The van der Waals surface area contributed by atoms with Gasteiger partial charge in [0.25, 0.3) is 0 Å². The average Bonchev–Trinajstić information content (AvgIpc) is 2.42. The number of amides is 1. The topological polar surface area (TPSA) is 56.8 Å². The molecule has 0 aromatic carbocycles. The van der Waals surface area contributed by atoms with Crippen molar-refractivity contribution in [1.82, 2.24) is 5.32 Å². The molecule has 1 N–H and O–H groups in total. The summed E-state index contributed by atoms with van der Waals surface area (Å²) in [4.78, 5) is 11.7. The number of halogens is 1. The fourth-order valence-electron chi connectivity index (χ4n) is 1.94. The molecule has 0 bridgehead atoms. The maximum absolute atomic E-state index is 11.7. The Hall–Kier alpha value is -0.330. The van der Waals surface area contributed by atoms with Crippen LogP contribution in [0.1, 0.15) is 40.5 Å². The lowest BCUT2D eigenvalue weighted by molar-refractivity contribution is -0.0514. The molecular formula is C15H28BrNO4. The summed E-state index contributed by atoms with van der Waals surface area (Å²) in [7, 11) is 0. The molecule has 124 valence electrons. The van der Waals surface area contributed by atoms with Crippen LogP contribution in [0.5, 0.6) is 0 Å². The van der Waals surface area contributed by atoms with Crippen LogP contribution in [0, 0.1) is 5.92 Å². The highest BCUT2D eigenvalue weighted by atomic mass is 79.9. The van der Waals surface area contributed by atoms with Crippen molar-refractivity contribution in [3.05, 3.63) is 0 Å². The molecule has 0 spiro atoms. The first-order valence-corrected chi connectivity index (χ1v) is 8.61. The molecule has 1 unspecified atom stereocenters. The molecular weight excluding hydrogens is 338 g/mol. The summed E-state index contributed by atoms with van der Waals surface area (Å²) in [5.41, 5.74) is -0.924. The average molecular weight is 366 g/mol. The van der Waals surface area contributed by atoms with E-state index in [1.54, 1.807) is 0 Å². The number of alkyl halides is 1. The van der Waals surface area contributed by atoms with E-state index in [-0.39, 0.29) is 0 Å². The monoisotopic (exact) mass is 365 g/mol. The van der Waals surface area contributed by atoms with Gasteiger partial charge >= 0.3 is 6.09 Å². The van der Waals surface area contributed by atoms with Crippen LogP contribution in [0.25, 0.3) is 0 Å². The number of rotatable bonds is 6. The van der Waals surface area contributed by atoms with Crippen molar-refractivity contribution in [3.63, 3.8) is 0 Å². The molecule has 0 aliphatic carbocycles. The van der Waals surface area contributed by atoms with Crippen molar-refractivity contribution >= 4 is 22.0 Å². The molecule has 1 aliphatic rings. The molecule has 1 heterocycles. The molecule has 0 aromatic rings. The predicted octanol–water partition coefficient (Wildman–Crippen LogP) is 3.11. The van der Waals surface area contributed by atoms with Crippen LogP contribution < -0.4 is 5.32 Å². The van der Waals surface area contributed by atoms with Gasteiger partial charge in [0, 0.05) is 18.5 Å². The molecule has 0 radical (unpaired) electrons. The smallest absolute Gasteiger partial charge is 0.407 e. The Morgan fingerprint density at radius 1 is 1.29 bits per heavy atom. The van der Waals surface area contributed by atoms with Gasteiger partial charge in [0.1, 0.15) is 5.60 Å². The van der Waals surface area contributed by atoms with Gasteiger partial charge in [-0.3, -0.25) is 0 Å². The van der Waals surface area contributed by atoms with Crippen molar-refractivity contribution in [3.8, 4) is 0 Å². The van der Waals surface area contributed by atoms with E-state index >= 15 is 0 Å². The van der Waals surface area contributed by atoms with Crippen LogP contribution in [-0.2, 0) is 14.2 Å². The van der Waals surface area contributed by atoms with Gasteiger partial charge in [-0.25, -0.2) is 4.79 Å². The zero-order valence-electron chi connectivity index (χ0n) is 13.5. The summed E-state index contributed by atoms with van der Waals surface area (Å²) in [5, 5.41) is 3.43. The third-order valence-corrected chi connectivity index (χ3v) is 4.48. The second kappa shape index (κ2) is 8.34. The number of carbonyl (C=O) groups excluding carboxylic acids is 1. The first-order chi connectivity index (χ1) is 9.74. The lowest BCUT2D eigenvalue weighted by Gasteiger charge is -2.32. The number of alkyl carbamates (subject to hydrolysis) is 1. The van der Waals surface area contributed by atoms with Gasteiger partial charge in [-0.1, -0.05) is 15.9 Å². The van der Waals surface area contributed by atoms with Gasteiger partial charge in [0.2, 0.25) is 0 Å². The number of nitrogens with one attached hydrogen (secondary N) is 1. The van der Waals surface area contributed by atoms with Crippen molar-refractivity contribution in [2.24, 2.45) is 5.92 Å². The Morgan fingerprint density at radius 2 is 1.90 bits per heavy atom. The highest BCUT2D eigenvalue weighted by Crippen LogP contribution is 2.20. The van der Waals surface area contributed by atoms with Gasteiger partial charge in [-0.05, 0) is 46.5 Å². The van der Waals surface area contributed by atoms with E-state index in [9.17, 15) is 4.79 Å². The van der Waals surface area contributed by atoms with E-state index < -0.39 is 17.3 Å². The summed E-state index contributed by atoms with van der Waals surface area (Å²) < 4.78 is 16.6. The quantitative estimate of drug-likeness (QED) is 0.734. The minimum atomic E-state index is -0.488. The van der Waals surface area contributed by atoms with Gasteiger partial charge in [-0.2, -0.15) is 0 Å². The number of hydrogen-bond acceptors (Lipinski definition) is 4. The second-order valence-electron chi connectivity index (χ2n) is 6.81. The van der Waals surface area contributed by atoms with E-state index in [2.05, 4.69) is 21.2 Å². The molecule has 1 rings (SSSR count). The third-order valence-electron chi connectivity index (χ3n) is 3.30. The largest absolute Gasteiger partial charge is 0.444 e.